The Morgan fingerprint density at radius 3 is 2.53 bits per heavy atom. The van der Waals surface area contributed by atoms with E-state index in [0.29, 0.717) is 3.12 Å². The molecule has 0 bridgehead atoms. The molecule has 0 nitrogen and oxygen atoms in total. The van der Waals surface area contributed by atoms with Gasteiger partial charge in [-0.15, -0.1) is 24.8 Å². The maximum atomic E-state index is 2.37. The molecule has 0 radical (unpaired) electrons. The van der Waals surface area contributed by atoms with Gasteiger partial charge in [0.15, 0.2) is 0 Å². The molecule has 0 N–H and O–H groups in total. The van der Waals surface area contributed by atoms with Crippen LogP contribution in [0.3, 0.4) is 0 Å². The molecule has 1 atom stereocenters. The van der Waals surface area contributed by atoms with Gasteiger partial charge in [-0.25, -0.2) is 0 Å². The molecule has 0 fully saturated rings. The average molecular weight is 321 g/mol. The Hall–Kier alpha value is 0.423. The predicted molar refractivity (Wildman–Crippen MR) is 66.7 cm³/mol. The summed E-state index contributed by atoms with van der Waals surface area (Å²) in [5, 5.41) is 0. The second kappa shape index (κ2) is 5.66. The SMILES string of the molecule is CC[C]1([Zr])C=Cc2cc(C)ccc21.Cl.Cl. The minimum Gasteiger partial charge on any atom is -0.147 e. The van der Waals surface area contributed by atoms with Crippen LogP contribution in [0.5, 0.6) is 0 Å². The zero-order valence-electron chi connectivity index (χ0n) is 8.91. The third kappa shape index (κ3) is 2.76. The molecule has 0 spiro atoms. The fraction of sp³-hybridized carbons (Fsp3) is 0.333. The predicted octanol–water partition coefficient (Wildman–Crippen LogP) is 4.02. The Morgan fingerprint density at radius 2 is 1.93 bits per heavy atom. The third-order valence-corrected chi connectivity index (χ3v) is 4.73. The monoisotopic (exact) mass is 319 g/mol. The minimum atomic E-state index is 0. The van der Waals surface area contributed by atoms with Gasteiger partial charge in [-0.05, 0) is 0 Å². The molecule has 15 heavy (non-hydrogen) atoms. The molecule has 0 aromatic heterocycles. The number of benzene rings is 1. The second-order valence-corrected chi connectivity index (χ2v) is 5.94. The molecular formula is C12H15Cl2Zr. The summed E-state index contributed by atoms with van der Waals surface area (Å²) >= 11 is 1.60. The van der Waals surface area contributed by atoms with Crippen molar-refractivity contribution >= 4 is 30.9 Å². The number of halogens is 2. The molecule has 3 heteroatoms. The van der Waals surface area contributed by atoms with E-state index in [0.717, 1.165) is 0 Å². The summed E-state index contributed by atoms with van der Waals surface area (Å²) in [5.41, 5.74) is 4.32. The van der Waals surface area contributed by atoms with E-state index in [2.05, 4.69) is 44.2 Å². The van der Waals surface area contributed by atoms with Crippen LogP contribution in [-0.4, -0.2) is 0 Å². The van der Waals surface area contributed by atoms with Crippen LogP contribution in [0.2, 0.25) is 0 Å². The van der Waals surface area contributed by atoms with E-state index in [9.17, 15) is 0 Å². The Kier molecular flexibility index (Phi) is 5.82. The van der Waals surface area contributed by atoms with Gasteiger partial charge in [-0.1, -0.05) is 0 Å². The fourth-order valence-electron chi connectivity index (χ4n) is 1.86. The van der Waals surface area contributed by atoms with Crippen LogP contribution < -0.4 is 0 Å². The first-order valence-electron chi connectivity index (χ1n) is 4.71. The van der Waals surface area contributed by atoms with E-state index in [1.54, 1.807) is 24.7 Å². The van der Waals surface area contributed by atoms with Crippen LogP contribution in [0.1, 0.15) is 30.0 Å². The van der Waals surface area contributed by atoms with Gasteiger partial charge in [-0.2, -0.15) is 0 Å². The first kappa shape index (κ1) is 15.4. The van der Waals surface area contributed by atoms with Crippen molar-refractivity contribution in [2.75, 3.05) is 0 Å². The largest absolute Gasteiger partial charge is 0.147 e. The molecule has 1 aromatic rings. The quantitative estimate of drug-likeness (QED) is 0.733. The van der Waals surface area contributed by atoms with Crippen LogP contribution in [0.25, 0.3) is 6.08 Å². The van der Waals surface area contributed by atoms with E-state index in [-0.39, 0.29) is 24.8 Å². The number of fused-ring (bicyclic) bond motifs is 1. The van der Waals surface area contributed by atoms with Gasteiger partial charge < -0.3 is 0 Å². The summed E-state index contributed by atoms with van der Waals surface area (Å²) in [6, 6.07) is 6.80. The number of allylic oxidation sites excluding steroid dienone is 1. The van der Waals surface area contributed by atoms with Crippen LogP contribution in [0.15, 0.2) is 24.3 Å². The topological polar surface area (TPSA) is 0 Å². The van der Waals surface area contributed by atoms with Gasteiger partial charge in [0.2, 0.25) is 0 Å². The molecule has 0 saturated carbocycles. The summed E-state index contributed by atoms with van der Waals surface area (Å²) in [4.78, 5) is 0. The Morgan fingerprint density at radius 1 is 1.27 bits per heavy atom. The van der Waals surface area contributed by atoms with E-state index in [1.165, 1.54) is 23.1 Å². The molecule has 1 unspecified atom stereocenters. The van der Waals surface area contributed by atoms with Crippen molar-refractivity contribution in [1.82, 2.24) is 0 Å². The fourth-order valence-corrected chi connectivity index (χ4v) is 2.62. The molecule has 1 aliphatic rings. The van der Waals surface area contributed by atoms with E-state index in [4.69, 9.17) is 0 Å². The van der Waals surface area contributed by atoms with Crippen molar-refractivity contribution in [3.63, 3.8) is 0 Å². The molecule has 81 valence electrons. The first-order chi connectivity index (χ1) is 6.15. The van der Waals surface area contributed by atoms with Crippen molar-refractivity contribution in [2.45, 2.75) is 23.4 Å². The van der Waals surface area contributed by atoms with Gasteiger partial charge in [0, 0.05) is 0 Å². The standard InChI is InChI=1S/C12H13.2ClH.Zr/c1-3-10-5-6-11-8-9(2)4-7-12(10)11;;;/h4-8H,3H2,1-2H3;2*1H;. The molecule has 0 aliphatic heterocycles. The molecule has 0 saturated heterocycles. The summed E-state index contributed by atoms with van der Waals surface area (Å²) < 4.78 is 0.371. The van der Waals surface area contributed by atoms with Gasteiger partial charge in [-0.3, -0.25) is 0 Å². The summed E-state index contributed by atoms with van der Waals surface area (Å²) in [5.74, 6) is 0. The number of hydrogen-bond donors (Lipinski definition) is 0. The molecule has 1 aliphatic carbocycles. The third-order valence-electron chi connectivity index (χ3n) is 2.79. The maximum absolute atomic E-state index is 2.37. The van der Waals surface area contributed by atoms with Gasteiger partial charge in [0.25, 0.3) is 0 Å². The van der Waals surface area contributed by atoms with Crippen LogP contribution in [-0.2, 0) is 27.8 Å². The van der Waals surface area contributed by atoms with Crippen LogP contribution >= 0.6 is 24.8 Å². The molecule has 1 aromatic carbocycles. The summed E-state index contributed by atoms with van der Waals surface area (Å²) in [6.07, 6.45) is 5.87. The van der Waals surface area contributed by atoms with Gasteiger partial charge in [0.05, 0.1) is 0 Å². The van der Waals surface area contributed by atoms with Gasteiger partial charge >= 0.3 is 95.2 Å². The second-order valence-electron chi connectivity index (χ2n) is 3.75. The van der Waals surface area contributed by atoms with Crippen molar-refractivity contribution in [3.8, 4) is 0 Å². The van der Waals surface area contributed by atoms with Crippen molar-refractivity contribution < 1.29 is 24.7 Å². The summed E-state index contributed by atoms with van der Waals surface area (Å²) in [7, 11) is 0. The Labute approximate surface area is 119 Å². The van der Waals surface area contributed by atoms with Gasteiger partial charge in [0.1, 0.15) is 0 Å². The zero-order chi connectivity index (χ0) is 9.47. The Balaban J connectivity index is 0.000000980. The van der Waals surface area contributed by atoms with E-state index in [1.807, 2.05) is 0 Å². The molecule has 2 rings (SSSR count). The van der Waals surface area contributed by atoms with Crippen LogP contribution in [0.4, 0.5) is 0 Å². The van der Waals surface area contributed by atoms with Crippen LogP contribution in [0, 0.1) is 6.92 Å². The zero-order valence-corrected chi connectivity index (χ0v) is 13.0. The van der Waals surface area contributed by atoms with Crippen molar-refractivity contribution in [2.24, 2.45) is 0 Å². The summed E-state index contributed by atoms with van der Waals surface area (Å²) in [6.45, 7) is 4.43. The average Bonchev–Trinajstić information content (AvgIpc) is 2.45. The smallest absolute Gasteiger partial charge is 0.147 e. The number of aryl methyl sites for hydroxylation is 1. The normalized spacial score (nSPS) is 21.4. The number of rotatable bonds is 1. The molecule has 0 heterocycles. The van der Waals surface area contributed by atoms with Crippen molar-refractivity contribution in [3.05, 3.63) is 41.0 Å². The van der Waals surface area contributed by atoms with Crippen molar-refractivity contribution in [1.29, 1.82) is 0 Å². The molecular weight excluding hydrogens is 306 g/mol. The van der Waals surface area contributed by atoms with E-state index < -0.39 is 0 Å². The van der Waals surface area contributed by atoms with E-state index >= 15 is 0 Å². The first-order valence-corrected chi connectivity index (χ1v) is 5.94. The minimum absolute atomic E-state index is 0. The number of hydrogen-bond acceptors (Lipinski definition) is 0. The maximum Gasteiger partial charge on any atom is -0.147 e. The Bertz CT molecular complexity index is 374. The molecule has 0 amide bonds.